The van der Waals surface area contributed by atoms with Gasteiger partial charge < -0.3 is 1.43 Å². The summed E-state index contributed by atoms with van der Waals surface area (Å²) in [7, 11) is 0. The molecule has 1 nitrogen and oxygen atoms in total. The van der Waals surface area contributed by atoms with Crippen LogP contribution in [0.15, 0.2) is 53.3 Å². The molecule has 3 rings (SSSR count). The summed E-state index contributed by atoms with van der Waals surface area (Å²) in [5.41, 5.74) is 0. The van der Waals surface area contributed by atoms with Gasteiger partial charge in [-0.3, -0.25) is 4.98 Å². The molecule has 0 unspecified atom stereocenters. The zero-order valence-electron chi connectivity index (χ0n) is 9.94. The number of nitrogens with zero attached hydrogens (tertiary/aromatic N) is 1. The number of hydrogen-bond donors (Lipinski definition) is 0. The molecule has 2 aromatic carbocycles. The van der Waals surface area contributed by atoms with Gasteiger partial charge in [-0.15, -0.1) is 0 Å². The van der Waals surface area contributed by atoms with Gasteiger partial charge in [-0.1, -0.05) is 40.2 Å². The molecule has 0 amide bonds. The van der Waals surface area contributed by atoms with Gasteiger partial charge in [0.2, 0.25) is 0 Å². The third-order valence-corrected chi connectivity index (χ3v) is 3.27. The molecule has 0 aliphatic carbocycles. The molecule has 16 heavy (non-hydrogen) atoms. The quantitative estimate of drug-likeness (QED) is 0.447. The van der Waals surface area contributed by atoms with Gasteiger partial charge in [0.25, 0.3) is 0 Å². The molecule has 3 aromatic rings. The fourth-order valence-electron chi connectivity index (χ4n) is 1.90. The second-order valence-electron chi connectivity index (χ2n) is 3.50. The third-order valence-electron chi connectivity index (χ3n) is 2.61. The van der Waals surface area contributed by atoms with Crippen molar-refractivity contribution in [2.24, 2.45) is 0 Å². The molecule has 0 radical (unpaired) electrons. The van der Waals surface area contributed by atoms with Gasteiger partial charge in [-0.05, 0) is 28.3 Å². The van der Waals surface area contributed by atoms with Crippen LogP contribution in [0.4, 0.5) is 0 Å². The Kier molecular flexibility index (Phi) is 3.65. The molecule has 0 N–H and O–H groups in total. The van der Waals surface area contributed by atoms with Crippen LogP contribution >= 0.6 is 15.9 Å². The van der Waals surface area contributed by atoms with E-state index in [-0.39, 0.29) is 31.0 Å². The minimum Gasteiger partial charge on any atom is -1.00 e. The topological polar surface area (TPSA) is 12.9 Å². The van der Waals surface area contributed by atoms with Crippen LogP contribution in [-0.2, 0) is 0 Å². The van der Waals surface area contributed by atoms with Crippen molar-refractivity contribution in [2.75, 3.05) is 0 Å². The molecule has 0 atom stereocenters. The molecule has 1 heterocycles. The molecule has 0 aliphatic rings. The van der Waals surface area contributed by atoms with Crippen LogP contribution < -0.4 is 29.6 Å². The van der Waals surface area contributed by atoms with Crippen molar-refractivity contribution < 1.29 is 31.0 Å². The van der Waals surface area contributed by atoms with Gasteiger partial charge in [0.15, 0.2) is 0 Å². The zero-order valence-corrected chi connectivity index (χ0v) is 12.5. The van der Waals surface area contributed by atoms with E-state index in [4.69, 9.17) is 0 Å². The van der Waals surface area contributed by atoms with Crippen LogP contribution in [0.25, 0.3) is 21.5 Å². The van der Waals surface area contributed by atoms with Gasteiger partial charge in [-0.25, -0.2) is 0 Å². The van der Waals surface area contributed by atoms with Crippen LogP contribution in [0.1, 0.15) is 1.43 Å². The van der Waals surface area contributed by atoms with E-state index in [1.807, 2.05) is 18.5 Å². The number of fused-ring (bicyclic) bond motifs is 3. The summed E-state index contributed by atoms with van der Waals surface area (Å²) >= 11 is 3.59. The SMILES string of the molecule is Brc1cc2ccccc2c2cnccc12.[H-].[Na+]. The number of benzene rings is 2. The fourth-order valence-corrected chi connectivity index (χ4v) is 2.49. The Balaban J connectivity index is 0.000000722. The Hall–Kier alpha value is -0.410. The fraction of sp³-hybridized carbons (Fsp3) is 0. The molecule has 0 aliphatic heterocycles. The Labute approximate surface area is 126 Å². The van der Waals surface area contributed by atoms with Crippen LogP contribution in [0, 0.1) is 0 Å². The molecular weight excluding hydrogens is 273 g/mol. The van der Waals surface area contributed by atoms with E-state index in [9.17, 15) is 0 Å². The summed E-state index contributed by atoms with van der Waals surface area (Å²) < 4.78 is 1.12. The van der Waals surface area contributed by atoms with Crippen LogP contribution in [0.3, 0.4) is 0 Å². The monoisotopic (exact) mass is 281 g/mol. The van der Waals surface area contributed by atoms with Gasteiger partial charge >= 0.3 is 29.6 Å². The Morgan fingerprint density at radius 3 is 2.69 bits per heavy atom. The van der Waals surface area contributed by atoms with E-state index >= 15 is 0 Å². The van der Waals surface area contributed by atoms with Crippen molar-refractivity contribution in [2.45, 2.75) is 0 Å². The minimum atomic E-state index is 0. The second-order valence-corrected chi connectivity index (χ2v) is 4.36. The third kappa shape index (κ3) is 1.91. The van der Waals surface area contributed by atoms with Gasteiger partial charge in [-0.2, -0.15) is 0 Å². The van der Waals surface area contributed by atoms with Crippen LogP contribution in [0.2, 0.25) is 0 Å². The Morgan fingerprint density at radius 1 is 1.00 bits per heavy atom. The summed E-state index contributed by atoms with van der Waals surface area (Å²) in [4.78, 5) is 4.18. The predicted molar refractivity (Wildman–Crippen MR) is 68.1 cm³/mol. The van der Waals surface area contributed by atoms with Crippen molar-refractivity contribution in [3.05, 3.63) is 53.3 Å². The first-order chi connectivity index (χ1) is 7.36. The van der Waals surface area contributed by atoms with Crippen molar-refractivity contribution in [1.29, 1.82) is 0 Å². The van der Waals surface area contributed by atoms with Gasteiger partial charge in [0.05, 0.1) is 0 Å². The molecule has 74 valence electrons. The molecule has 3 heteroatoms. The zero-order chi connectivity index (χ0) is 10.3. The van der Waals surface area contributed by atoms with Gasteiger partial charge in [0.1, 0.15) is 0 Å². The normalized spacial score (nSPS) is 10.3. The Bertz CT molecular complexity index is 657. The molecule has 0 saturated heterocycles. The molecule has 1 aromatic heterocycles. The average molecular weight is 282 g/mol. The summed E-state index contributed by atoms with van der Waals surface area (Å²) in [5.74, 6) is 0. The van der Waals surface area contributed by atoms with Crippen LogP contribution in [0.5, 0.6) is 0 Å². The molecule has 0 bridgehead atoms. The first kappa shape index (κ1) is 12.1. The van der Waals surface area contributed by atoms with E-state index in [2.05, 4.69) is 51.2 Å². The predicted octanol–water partition coefficient (Wildman–Crippen LogP) is 1.27. The van der Waals surface area contributed by atoms with Crippen molar-refractivity contribution in [1.82, 2.24) is 4.98 Å². The van der Waals surface area contributed by atoms with Crippen molar-refractivity contribution >= 4 is 37.5 Å². The first-order valence-corrected chi connectivity index (χ1v) is 5.56. The molecule has 0 saturated carbocycles. The summed E-state index contributed by atoms with van der Waals surface area (Å²) in [5, 5.41) is 4.90. The maximum Gasteiger partial charge on any atom is 1.00 e. The second kappa shape index (κ2) is 4.84. The van der Waals surface area contributed by atoms with E-state index in [1.165, 1.54) is 21.5 Å². The van der Waals surface area contributed by atoms with E-state index in [0.29, 0.717) is 0 Å². The number of pyridine rings is 1. The summed E-state index contributed by atoms with van der Waals surface area (Å²) in [6.07, 6.45) is 3.74. The number of aromatic nitrogens is 1. The first-order valence-electron chi connectivity index (χ1n) is 4.77. The molecule has 0 spiro atoms. The largest absolute Gasteiger partial charge is 1.00 e. The summed E-state index contributed by atoms with van der Waals surface area (Å²) in [6.45, 7) is 0. The maximum absolute atomic E-state index is 4.18. The number of hydrogen-bond acceptors (Lipinski definition) is 1. The standard InChI is InChI=1S/C13H8BrN.Na.H/c14-13-7-9-3-1-2-4-10(9)12-8-15-6-5-11(12)13;;/h1-8H;;/q;+1;-1. The average Bonchev–Trinajstić information content (AvgIpc) is 2.30. The molecular formula is C13H9BrNNa. The van der Waals surface area contributed by atoms with E-state index in [1.54, 1.807) is 0 Å². The Morgan fingerprint density at radius 2 is 1.81 bits per heavy atom. The van der Waals surface area contributed by atoms with E-state index < -0.39 is 0 Å². The van der Waals surface area contributed by atoms with Gasteiger partial charge in [0, 0.05) is 22.3 Å². The maximum atomic E-state index is 4.18. The van der Waals surface area contributed by atoms with Crippen molar-refractivity contribution in [3.63, 3.8) is 0 Å². The number of rotatable bonds is 0. The summed E-state index contributed by atoms with van der Waals surface area (Å²) in [6, 6.07) is 12.5. The smallest absolute Gasteiger partial charge is 1.00 e. The van der Waals surface area contributed by atoms with Crippen molar-refractivity contribution in [3.8, 4) is 0 Å². The van der Waals surface area contributed by atoms with E-state index in [0.717, 1.165) is 4.47 Å². The minimum absolute atomic E-state index is 0. The molecule has 0 fully saturated rings. The number of halogens is 1. The van der Waals surface area contributed by atoms with Crippen LogP contribution in [-0.4, -0.2) is 4.98 Å².